The quantitative estimate of drug-likeness (QED) is 0.530. The maximum absolute atomic E-state index is 3.37. The van der Waals surface area contributed by atoms with Gasteiger partial charge in [0.25, 0.3) is 0 Å². The molecule has 0 bridgehead atoms. The van der Waals surface area contributed by atoms with E-state index in [2.05, 4.69) is 45.4 Å². The second-order valence-corrected chi connectivity index (χ2v) is 3.20. The van der Waals surface area contributed by atoms with Crippen molar-refractivity contribution in [3.8, 4) is 0 Å². The molecule has 0 aromatic carbocycles. The number of halogens is 1. The molecule has 50 valence electrons. The number of nitrogens with zero attached hydrogens (tertiary/aromatic N) is 1. The molecule has 0 aliphatic heterocycles. The van der Waals surface area contributed by atoms with Crippen LogP contribution in [0.2, 0.25) is 0 Å². The normalized spacial score (nSPS) is 9.56. The molecule has 0 N–H and O–H groups in total. The van der Waals surface area contributed by atoms with Gasteiger partial charge in [-0.05, 0) is 17.5 Å². The largest absolute Gasteiger partial charge is 0.357 e. The van der Waals surface area contributed by atoms with E-state index in [0.29, 0.717) is 0 Å². The monoisotopic (exact) mass is 205 g/mol. The Hall–Kier alpha value is -0.0200. The summed E-state index contributed by atoms with van der Waals surface area (Å²) in [5.41, 5.74) is 0.896. The van der Waals surface area contributed by atoms with Gasteiger partial charge in [0.05, 0.1) is 10.5 Å². The molecular weight excluding hydrogens is 198 g/mol. The highest BCUT2D eigenvalue weighted by atomic mass is 79.9. The number of thiophene rings is 1. The van der Waals surface area contributed by atoms with Gasteiger partial charge in [-0.15, -0.1) is 11.3 Å². The number of hydrogen-bond donors (Lipinski definition) is 0. The van der Waals surface area contributed by atoms with Crippen LogP contribution in [-0.2, 0) is 0 Å². The summed E-state index contributed by atoms with van der Waals surface area (Å²) in [5, 5.41) is 3.38. The summed E-state index contributed by atoms with van der Waals surface area (Å²) in [6.07, 6.45) is 0. The lowest BCUT2D eigenvalue weighted by Gasteiger charge is -2.11. The first-order chi connectivity index (χ1) is 4.34. The first-order valence-corrected chi connectivity index (χ1v) is 4.65. The molecular formula is C6H8BrNS. The Bertz CT molecular complexity index is 162. The highest BCUT2D eigenvalue weighted by Crippen LogP contribution is 2.19. The van der Waals surface area contributed by atoms with E-state index >= 15 is 0 Å². The number of rotatable bonds is 2. The van der Waals surface area contributed by atoms with Crippen molar-refractivity contribution in [2.45, 2.75) is 0 Å². The van der Waals surface area contributed by atoms with Crippen LogP contribution in [-0.4, -0.2) is 12.5 Å². The van der Waals surface area contributed by atoms with Crippen molar-refractivity contribution in [2.24, 2.45) is 0 Å². The fourth-order valence-corrected chi connectivity index (χ4v) is 1.68. The van der Waals surface area contributed by atoms with Crippen LogP contribution >= 0.6 is 27.3 Å². The van der Waals surface area contributed by atoms with E-state index in [1.165, 1.54) is 5.00 Å². The third-order valence-electron chi connectivity index (χ3n) is 1.06. The van der Waals surface area contributed by atoms with Crippen LogP contribution in [0.1, 0.15) is 0 Å². The fourth-order valence-electron chi connectivity index (χ4n) is 0.546. The molecule has 0 saturated carbocycles. The van der Waals surface area contributed by atoms with Crippen LogP contribution in [0.25, 0.3) is 0 Å². The molecule has 0 spiro atoms. The van der Waals surface area contributed by atoms with Crippen LogP contribution in [0.15, 0.2) is 17.5 Å². The molecule has 1 aromatic heterocycles. The number of anilines is 1. The molecule has 0 amide bonds. The van der Waals surface area contributed by atoms with Crippen LogP contribution in [0.4, 0.5) is 5.00 Å². The molecule has 3 heteroatoms. The molecule has 0 radical (unpaired) electrons. The van der Waals surface area contributed by atoms with E-state index in [1.54, 1.807) is 11.3 Å². The first-order valence-electron chi connectivity index (χ1n) is 2.65. The van der Waals surface area contributed by atoms with Gasteiger partial charge >= 0.3 is 0 Å². The molecule has 9 heavy (non-hydrogen) atoms. The zero-order chi connectivity index (χ0) is 6.69. The van der Waals surface area contributed by atoms with Crippen molar-refractivity contribution in [1.29, 1.82) is 0 Å². The highest BCUT2D eigenvalue weighted by molar-refractivity contribution is 9.09. The Kier molecular flexibility index (Phi) is 2.54. The second-order valence-electron chi connectivity index (χ2n) is 1.77. The third-order valence-corrected chi connectivity index (χ3v) is 2.80. The molecule has 1 nitrogen and oxygen atoms in total. The maximum atomic E-state index is 3.37. The van der Waals surface area contributed by atoms with Gasteiger partial charge in [-0.3, -0.25) is 0 Å². The number of alkyl halides is 1. The van der Waals surface area contributed by atoms with Crippen molar-refractivity contribution in [3.05, 3.63) is 17.5 Å². The highest BCUT2D eigenvalue weighted by Gasteiger charge is 1.95. The molecule has 1 rings (SSSR count). The third kappa shape index (κ3) is 1.69. The van der Waals surface area contributed by atoms with Gasteiger partial charge in [0.1, 0.15) is 0 Å². The average Bonchev–Trinajstić information content (AvgIpc) is 2.37. The van der Waals surface area contributed by atoms with Gasteiger partial charge in [-0.2, -0.15) is 0 Å². The summed E-state index contributed by atoms with van der Waals surface area (Å²) in [6, 6.07) is 4.16. The predicted molar refractivity (Wildman–Crippen MR) is 46.5 cm³/mol. The lowest BCUT2D eigenvalue weighted by molar-refractivity contribution is 1.13. The molecule has 0 aliphatic carbocycles. The average molecular weight is 206 g/mol. The molecule has 0 unspecified atom stereocenters. The van der Waals surface area contributed by atoms with Gasteiger partial charge in [0, 0.05) is 7.05 Å². The van der Waals surface area contributed by atoms with Crippen molar-refractivity contribution in [2.75, 3.05) is 17.4 Å². The van der Waals surface area contributed by atoms with Crippen LogP contribution in [0.3, 0.4) is 0 Å². The smallest absolute Gasteiger partial charge is 0.0912 e. The van der Waals surface area contributed by atoms with E-state index in [4.69, 9.17) is 0 Å². The molecule has 0 saturated heterocycles. The Morgan fingerprint density at radius 2 is 2.56 bits per heavy atom. The predicted octanol–water partition coefficient (Wildman–Crippen LogP) is 2.54. The van der Waals surface area contributed by atoms with E-state index in [-0.39, 0.29) is 0 Å². The molecule has 1 aromatic rings. The first kappa shape index (κ1) is 7.09. The van der Waals surface area contributed by atoms with Crippen LogP contribution in [0, 0.1) is 0 Å². The van der Waals surface area contributed by atoms with Crippen LogP contribution in [0.5, 0.6) is 0 Å². The van der Waals surface area contributed by atoms with Gasteiger partial charge in [0.2, 0.25) is 0 Å². The lowest BCUT2D eigenvalue weighted by atomic mass is 10.6. The van der Waals surface area contributed by atoms with Gasteiger partial charge in [0.15, 0.2) is 0 Å². The van der Waals surface area contributed by atoms with E-state index < -0.39 is 0 Å². The maximum Gasteiger partial charge on any atom is 0.0912 e. The van der Waals surface area contributed by atoms with E-state index in [9.17, 15) is 0 Å². The number of hydrogen-bond acceptors (Lipinski definition) is 2. The lowest BCUT2D eigenvalue weighted by Crippen LogP contribution is -2.11. The second kappa shape index (κ2) is 3.22. The van der Waals surface area contributed by atoms with Gasteiger partial charge in [-0.25, -0.2) is 0 Å². The zero-order valence-corrected chi connectivity index (χ0v) is 7.58. The molecule has 1 heterocycles. The summed E-state index contributed by atoms with van der Waals surface area (Å²) in [5.74, 6) is 0. The van der Waals surface area contributed by atoms with Crippen molar-refractivity contribution < 1.29 is 0 Å². The standard InChI is InChI=1S/C6H8BrNS/c1-8(5-7)6-3-2-4-9-6/h2-4H,5H2,1H3. The zero-order valence-electron chi connectivity index (χ0n) is 5.17. The van der Waals surface area contributed by atoms with Crippen molar-refractivity contribution in [1.82, 2.24) is 0 Å². The van der Waals surface area contributed by atoms with Crippen LogP contribution < -0.4 is 4.90 Å². The minimum Gasteiger partial charge on any atom is -0.357 e. The topological polar surface area (TPSA) is 3.24 Å². The van der Waals surface area contributed by atoms with Crippen molar-refractivity contribution in [3.63, 3.8) is 0 Å². The van der Waals surface area contributed by atoms with Gasteiger partial charge < -0.3 is 4.90 Å². The Labute approximate surface area is 67.4 Å². The molecule has 0 aliphatic rings. The Balaban J connectivity index is 2.65. The van der Waals surface area contributed by atoms with Crippen molar-refractivity contribution >= 4 is 32.3 Å². The summed E-state index contributed by atoms with van der Waals surface area (Å²) in [6.45, 7) is 0. The SMILES string of the molecule is CN(CBr)c1cccs1. The Morgan fingerprint density at radius 3 is 3.00 bits per heavy atom. The minimum absolute atomic E-state index is 0.896. The summed E-state index contributed by atoms with van der Waals surface area (Å²) >= 11 is 5.12. The van der Waals surface area contributed by atoms with Gasteiger partial charge in [-0.1, -0.05) is 15.9 Å². The van der Waals surface area contributed by atoms with E-state index in [1.807, 2.05) is 0 Å². The summed E-state index contributed by atoms with van der Waals surface area (Å²) in [7, 11) is 2.06. The Morgan fingerprint density at radius 1 is 1.78 bits per heavy atom. The summed E-state index contributed by atoms with van der Waals surface area (Å²) < 4.78 is 0. The molecule has 0 atom stereocenters. The minimum atomic E-state index is 0.896. The molecule has 0 fully saturated rings. The van der Waals surface area contributed by atoms with E-state index in [0.717, 1.165) is 5.45 Å². The fraction of sp³-hybridized carbons (Fsp3) is 0.333. The summed E-state index contributed by atoms with van der Waals surface area (Å²) in [4.78, 5) is 2.14.